The molecule has 1 aromatic carbocycles. The van der Waals surface area contributed by atoms with Gasteiger partial charge in [-0.3, -0.25) is 0 Å². The van der Waals surface area contributed by atoms with E-state index in [2.05, 4.69) is 15.9 Å². The van der Waals surface area contributed by atoms with Crippen molar-refractivity contribution in [1.82, 2.24) is 0 Å². The Morgan fingerprint density at radius 1 is 1.54 bits per heavy atom. The SMILES string of the molecule is COc1ccc(F)c(Br)c1CN.Cl. The molecule has 0 aromatic heterocycles. The second kappa shape index (κ2) is 5.42. The monoisotopic (exact) mass is 269 g/mol. The Morgan fingerprint density at radius 3 is 2.62 bits per heavy atom. The number of hydrogen-bond donors (Lipinski definition) is 1. The van der Waals surface area contributed by atoms with Crippen LogP contribution in [-0.2, 0) is 6.54 Å². The first-order chi connectivity index (χ1) is 5.70. The fraction of sp³-hybridized carbons (Fsp3) is 0.250. The largest absolute Gasteiger partial charge is 0.496 e. The van der Waals surface area contributed by atoms with E-state index >= 15 is 0 Å². The standard InChI is InChI=1S/C8H9BrFNO.ClH/c1-12-7-3-2-6(10)8(9)5(7)4-11;/h2-3H,4,11H2,1H3;1H. The zero-order valence-electron chi connectivity index (χ0n) is 7.01. The van der Waals surface area contributed by atoms with Gasteiger partial charge in [0, 0.05) is 12.1 Å². The van der Waals surface area contributed by atoms with Crippen LogP contribution in [0.3, 0.4) is 0 Å². The lowest BCUT2D eigenvalue weighted by atomic mass is 10.2. The summed E-state index contributed by atoms with van der Waals surface area (Å²) in [6.07, 6.45) is 0. The summed E-state index contributed by atoms with van der Waals surface area (Å²) in [6, 6.07) is 2.89. The number of benzene rings is 1. The molecule has 0 saturated carbocycles. The molecule has 0 heterocycles. The van der Waals surface area contributed by atoms with Gasteiger partial charge in [0.25, 0.3) is 0 Å². The second-order valence-electron chi connectivity index (χ2n) is 2.25. The van der Waals surface area contributed by atoms with Crippen molar-refractivity contribution in [2.75, 3.05) is 7.11 Å². The van der Waals surface area contributed by atoms with Gasteiger partial charge in [-0.1, -0.05) is 0 Å². The Bertz CT molecular complexity index is 296. The molecule has 74 valence electrons. The molecule has 0 saturated heterocycles. The summed E-state index contributed by atoms with van der Waals surface area (Å²) in [4.78, 5) is 0. The summed E-state index contributed by atoms with van der Waals surface area (Å²) in [6.45, 7) is 0.252. The van der Waals surface area contributed by atoms with Gasteiger partial charge in [-0.25, -0.2) is 4.39 Å². The molecule has 0 aliphatic rings. The molecule has 0 aliphatic heterocycles. The molecule has 0 spiro atoms. The molecule has 0 unspecified atom stereocenters. The van der Waals surface area contributed by atoms with Crippen molar-refractivity contribution in [2.45, 2.75) is 6.54 Å². The maximum absolute atomic E-state index is 12.9. The minimum Gasteiger partial charge on any atom is -0.496 e. The second-order valence-corrected chi connectivity index (χ2v) is 3.04. The zero-order valence-corrected chi connectivity index (χ0v) is 9.41. The molecular weight excluding hydrogens is 260 g/mol. The van der Waals surface area contributed by atoms with Crippen molar-refractivity contribution in [2.24, 2.45) is 5.73 Å². The van der Waals surface area contributed by atoms with E-state index in [1.807, 2.05) is 0 Å². The van der Waals surface area contributed by atoms with Crippen molar-refractivity contribution in [3.63, 3.8) is 0 Å². The molecule has 2 nitrogen and oxygen atoms in total. The average Bonchev–Trinajstić information content (AvgIpc) is 2.09. The van der Waals surface area contributed by atoms with Crippen LogP contribution in [0.15, 0.2) is 16.6 Å². The van der Waals surface area contributed by atoms with E-state index in [-0.39, 0.29) is 24.8 Å². The third kappa shape index (κ3) is 2.56. The number of rotatable bonds is 2. The predicted octanol–water partition coefficient (Wildman–Crippen LogP) is 2.48. The molecule has 0 bridgehead atoms. The number of ether oxygens (including phenoxy) is 1. The summed E-state index contributed by atoms with van der Waals surface area (Å²) in [5.41, 5.74) is 6.07. The van der Waals surface area contributed by atoms with E-state index in [9.17, 15) is 4.39 Å². The molecule has 1 aromatic rings. The highest BCUT2D eigenvalue weighted by Crippen LogP contribution is 2.28. The van der Waals surface area contributed by atoms with Gasteiger partial charge in [0.2, 0.25) is 0 Å². The molecule has 0 atom stereocenters. The van der Waals surface area contributed by atoms with Crippen molar-refractivity contribution in [3.8, 4) is 5.75 Å². The summed E-state index contributed by atoms with van der Waals surface area (Å²) in [5.74, 6) is 0.280. The lowest BCUT2D eigenvalue weighted by molar-refractivity contribution is 0.408. The fourth-order valence-electron chi connectivity index (χ4n) is 0.956. The van der Waals surface area contributed by atoms with E-state index < -0.39 is 0 Å². The van der Waals surface area contributed by atoms with Gasteiger partial charge < -0.3 is 10.5 Å². The van der Waals surface area contributed by atoms with Gasteiger partial charge in [0.15, 0.2) is 0 Å². The van der Waals surface area contributed by atoms with Crippen LogP contribution in [0.4, 0.5) is 4.39 Å². The average molecular weight is 271 g/mol. The Labute approximate surface area is 90.8 Å². The number of methoxy groups -OCH3 is 1. The molecule has 1 rings (SSSR count). The molecule has 0 amide bonds. The Hall–Kier alpha value is -0.320. The van der Waals surface area contributed by atoms with Crippen LogP contribution < -0.4 is 10.5 Å². The van der Waals surface area contributed by atoms with Gasteiger partial charge >= 0.3 is 0 Å². The summed E-state index contributed by atoms with van der Waals surface area (Å²) >= 11 is 3.10. The number of halogens is 3. The van der Waals surface area contributed by atoms with Crippen LogP contribution in [0, 0.1) is 5.82 Å². The van der Waals surface area contributed by atoms with Gasteiger partial charge in [0.1, 0.15) is 11.6 Å². The van der Waals surface area contributed by atoms with Crippen LogP contribution in [0.25, 0.3) is 0 Å². The highest BCUT2D eigenvalue weighted by atomic mass is 79.9. The molecule has 0 aliphatic carbocycles. The first kappa shape index (κ1) is 12.7. The lowest BCUT2D eigenvalue weighted by Crippen LogP contribution is -2.02. The van der Waals surface area contributed by atoms with Gasteiger partial charge in [-0.2, -0.15) is 0 Å². The van der Waals surface area contributed by atoms with E-state index in [0.29, 0.717) is 15.8 Å². The van der Waals surface area contributed by atoms with Crippen LogP contribution in [0.1, 0.15) is 5.56 Å². The quantitative estimate of drug-likeness (QED) is 0.896. The Morgan fingerprint density at radius 2 is 2.15 bits per heavy atom. The molecule has 5 heteroatoms. The minimum absolute atomic E-state index is 0. The van der Waals surface area contributed by atoms with Gasteiger partial charge in [-0.05, 0) is 28.1 Å². The van der Waals surface area contributed by atoms with Gasteiger partial charge in [-0.15, -0.1) is 12.4 Å². The third-order valence-electron chi connectivity index (χ3n) is 1.58. The third-order valence-corrected chi connectivity index (χ3v) is 2.43. The van der Waals surface area contributed by atoms with E-state index in [4.69, 9.17) is 10.5 Å². The van der Waals surface area contributed by atoms with Crippen LogP contribution in [-0.4, -0.2) is 7.11 Å². The maximum Gasteiger partial charge on any atom is 0.137 e. The Balaban J connectivity index is 0.00000144. The van der Waals surface area contributed by atoms with Crippen molar-refractivity contribution in [3.05, 3.63) is 28.0 Å². The molecule has 13 heavy (non-hydrogen) atoms. The Kier molecular flexibility index (Phi) is 5.29. The lowest BCUT2D eigenvalue weighted by Gasteiger charge is -2.08. The molecule has 0 fully saturated rings. The molecular formula is C8H10BrClFNO. The van der Waals surface area contributed by atoms with E-state index in [1.54, 1.807) is 6.07 Å². The highest BCUT2D eigenvalue weighted by Gasteiger charge is 2.09. The van der Waals surface area contributed by atoms with Gasteiger partial charge in [0.05, 0.1) is 11.6 Å². The summed E-state index contributed by atoms with van der Waals surface area (Å²) in [7, 11) is 1.53. The van der Waals surface area contributed by atoms with E-state index in [1.165, 1.54) is 13.2 Å². The smallest absolute Gasteiger partial charge is 0.137 e. The number of nitrogens with two attached hydrogens (primary N) is 1. The minimum atomic E-state index is -0.323. The highest BCUT2D eigenvalue weighted by molar-refractivity contribution is 9.10. The summed E-state index contributed by atoms with van der Waals surface area (Å²) in [5, 5.41) is 0. The fourth-order valence-corrected chi connectivity index (χ4v) is 1.45. The van der Waals surface area contributed by atoms with Crippen LogP contribution >= 0.6 is 28.3 Å². The molecule has 2 N–H and O–H groups in total. The summed E-state index contributed by atoms with van der Waals surface area (Å²) < 4.78 is 18.3. The first-order valence-electron chi connectivity index (χ1n) is 3.41. The van der Waals surface area contributed by atoms with Crippen LogP contribution in [0.5, 0.6) is 5.75 Å². The zero-order chi connectivity index (χ0) is 9.14. The van der Waals surface area contributed by atoms with Crippen LogP contribution in [0.2, 0.25) is 0 Å². The van der Waals surface area contributed by atoms with E-state index in [0.717, 1.165) is 0 Å². The normalized spacial score (nSPS) is 9.23. The van der Waals surface area contributed by atoms with Crippen molar-refractivity contribution < 1.29 is 9.13 Å². The molecule has 0 radical (unpaired) electrons. The topological polar surface area (TPSA) is 35.2 Å². The first-order valence-corrected chi connectivity index (χ1v) is 4.21. The van der Waals surface area contributed by atoms with Crippen molar-refractivity contribution in [1.29, 1.82) is 0 Å². The van der Waals surface area contributed by atoms with Crippen molar-refractivity contribution >= 4 is 28.3 Å². The maximum atomic E-state index is 12.9. The predicted molar refractivity (Wildman–Crippen MR) is 55.8 cm³/mol. The number of hydrogen-bond acceptors (Lipinski definition) is 2.